The molecule has 0 radical (unpaired) electrons. The molecule has 3 N–H and O–H groups in total. The zero-order valence-electron chi connectivity index (χ0n) is 21.6. The summed E-state index contributed by atoms with van der Waals surface area (Å²) < 4.78 is 27.4. The van der Waals surface area contributed by atoms with E-state index < -0.39 is 10.0 Å². The minimum atomic E-state index is -3.51. The first kappa shape index (κ1) is 27.0. The minimum absolute atomic E-state index is 0.00448. The normalized spacial score (nSPS) is 14.6. The fourth-order valence-corrected chi connectivity index (χ4v) is 5.73. The van der Waals surface area contributed by atoms with Crippen molar-refractivity contribution in [3.63, 3.8) is 0 Å². The maximum Gasteiger partial charge on any atom is 0.233 e. The van der Waals surface area contributed by atoms with Crippen molar-refractivity contribution in [1.82, 2.24) is 14.9 Å². The Labute approximate surface area is 224 Å². The van der Waals surface area contributed by atoms with Crippen LogP contribution < -0.4 is 20.3 Å². The van der Waals surface area contributed by atoms with E-state index >= 15 is 0 Å². The molecule has 0 spiro atoms. The second-order valence-electron chi connectivity index (χ2n) is 9.78. The van der Waals surface area contributed by atoms with Crippen molar-refractivity contribution in [2.45, 2.75) is 20.8 Å². The smallest absolute Gasteiger partial charge is 0.233 e. The van der Waals surface area contributed by atoms with Crippen molar-refractivity contribution in [2.24, 2.45) is 5.92 Å². The number of sulfonamides is 1. The number of rotatable bonds is 9. The van der Waals surface area contributed by atoms with Gasteiger partial charge < -0.3 is 20.4 Å². The Bertz CT molecular complexity index is 1330. The van der Waals surface area contributed by atoms with E-state index in [1.54, 1.807) is 24.4 Å². The highest BCUT2D eigenvalue weighted by molar-refractivity contribution is 7.92. The van der Waals surface area contributed by atoms with Crippen molar-refractivity contribution in [3.05, 3.63) is 59.2 Å². The van der Waals surface area contributed by atoms with Crippen molar-refractivity contribution < 1.29 is 8.42 Å². The first-order chi connectivity index (χ1) is 17.6. The van der Waals surface area contributed by atoms with Crippen molar-refractivity contribution in [2.75, 3.05) is 59.2 Å². The summed E-state index contributed by atoms with van der Waals surface area (Å²) in [6, 6.07) is 13.3. The average molecular weight is 544 g/mol. The zero-order valence-corrected chi connectivity index (χ0v) is 23.2. The van der Waals surface area contributed by atoms with Crippen molar-refractivity contribution in [1.29, 1.82) is 0 Å². The van der Waals surface area contributed by atoms with E-state index in [1.807, 2.05) is 32.9 Å². The molecule has 0 unspecified atom stereocenters. The standard InChI is InChI=1S/C26H34ClN7O2S/c1-18(2)17-37(35,36)32-24-15-21(7-10-23(24)27)29-25-19(3)16-28-26(31-25)30-20-5-8-22(9-6-20)34-13-11-33(4)12-14-34/h5-10,15-16,18,32H,11-14,17H2,1-4H3,(H2,28,29,30,31). The third kappa shape index (κ3) is 7.47. The van der Waals surface area contributed by atoms with Gasteiger partial charge in [-0.2, -0.15) is 4.98 Å². The quantitative estimate of drug-likeness (QED) is 0.343. The number of hydrogen-bond acceptors (Lipinski definition) is 8. The molecule has 4 rings (SSSR count). The van der Waals surface area contributed by atoms with Gasteiger partial charge in [0.25, 0.3) is 0 Å². The fraction of sp³-hybridized carbons (Fsp3) is 0.385. The Morgan fingerprint density at radius 3 is 2.35 bits per heavy atom. The fourth-order valence-electron chi connectivity index (χ4n) is 4.04. The number of piperazine rings is 1. The lowest BCUT2D eigenvalue weighted by Crippen LogP contribution is -2.44. The van der Waals surface area contributed by atoms with Gasteiger partial charge in [-0.3, -0.25) is 4.72 Å². The summed E-state index contributed by atoms with van der Waals surface area (Å²) >= 11 is 6.26. The molecule has 3 aromatic rings. The number of nitrogens with zero attached hydrogens (tertiary/aromatic N) is 4. The number of likely N-dealkylation sites (N-methyl/N-ethyl adjacent to an activating group) is 1. The Morgan fingerprint density at radius 1 is 1.00 bits per heavy atom. The Morgan fingerprint density at radius 2 is 1.68 bits per heavy atom. The van der Waals surface area contributed by atoms with E-state index in [2.05, 4.69) is 54.3 Å². The van der Waals surface area contributed by atoms with Gasteiger partial charge in [-0.15, -0.1) is 0 Å². The van der Waals surface area contributed by atoms with Gasteiger partial charge in [0.2, 0.25) is 16.0 Å². The van der Waals surface area contributed by atoms with Gasteiger partial charge in [-0.1, -0.05) is 25.4 Å². The molecule has 0 saturated carbocycles. The first-order valence-corrected chi connectivity index (χ1v) is 14.3. The van der Waals surface area contributed by atoms with E-state index in [0.29, 0.717) is 28.2 Å². The lowest BCUT2D eigenvalue weighted by atomic mass is 10.2. The zero-order chi connectivity index (χ0) is 26.6. The number of anilines is 6. The Balaban J connectivity index is 1.46. The van der Waals surface area contributed by atoms with Crippen LogP contribution in [-0.2, 0) is 10.0 Å². The van der Waals surface area contributed by atoms with Gasteiger partial charge in [0.05, 0.1) is 16.5 Å². The summed E-state index contributed by atoms with van der Waals surface area (Å²) in [7, 11) is -1.36. The van der Waals surface area contributed by atoms with E-state index in [9.17, 15) is 8.42 Å². The largest absolute Gasteiger partial charge is 0.369 e. The van der Waals surface area contributed by atoms with E-state index in [0.717, 1.165) is 37.4 Å². The van der Waals surface area contributed by atoms with Gasteiger partial charge in [-0.05, 0) is 62.4 Å². The maximum atomic E-state index is 12.4. The second kappa shape index (κ2) is 11.5. The van der Waals surface area contributed by atoms with Crippen LogP contribution in [0.5, 0.6) is 0 Å². The summed E-state index contributed by atoms with van der Waals surface area (Å²) in [6.07, 6.45) is 1.73. The van der Waals surface area contributed by atoms with Crippen LogP contribution in [-0.4, -0.2) is 62.3 Å². The van der Waals surface area contributed by atoms with Crippen LogP contribution in [0.1, 0.15) is 19.4 Å². The van der Waals surface area contributed by atoms with Gasteiger partial charge >= 0.3 is 0 Å². The number of benzene rings is 2. The molecule has 0 bridgehead atoms. The van der Waals surface area contributed by atoms with Gasteiger partial charge in [0.1, 0.15) is 5.82 Å². The van der Waals surface area contributed by atoms with Gasteiger partial charge in [0, 0.05) is 55.0 Å². The second-order valence-corrected chi connectivity index (χ2v) is 12.0. The van der Waals surface area contributed by atoms with Crippen molar-refractivity contribution in [3.8, 4) is 0 Å². The molecule has 37 heavy (non-hydrogen) atoms. The van der Waals surface area contributed by atoms with Crippen molar-refractivity contribution >= 4 is 56.1 Å². The van der Waals surface area contributed by atoms with Crippen LogP contribution in [0, 0.1) is 12.8 Å². The Kier molecular flexibility index (Phi) is 8.41. The van der Waals surface area contributed by atoms with E-state index in [-0.39, 0.29) is 11.7 Å². The molecular formula is C26H34ClN7O2S. The number of halogens is 1. The highest BCUT2D eigenvalue weighted by Crippen LogP contribution is 2.29. The van der Waals surface area contributed by atoms with Crippen LogP contribution in [0.2, 0.25) is 5.02 Å². The summed E-state index contributed by atoms with van der Waals surface area (Å²) in [4.78, 5) is 13.8. The summed E-state index contributed by atoms with van der Waals surface area (Å²) in [6.45, 7) is 9.77. The third-order valence-electron chi connectivity index (χ3n) is 6.01. The van der Waals surface area contributed by atoms with Crippen LogP contribution in [0.4, 0.5) is 34.5 Å². The number of aromatic nitrogens is 2. The SMILES string of the molecule is Cc1cnc(Nc2ccc(N3CCN(C)CC3)cc2)nc1Nc1ccc(Cl)c(NS(=O)(=O)CC(C)C)c1. The molecule has 1 aliphatic rings. The molecule has 0 aliphatic carbocycles. The molecule has 1 aliphatic heterocycles. The lowest BCUT2D eigenvalue weighted by Gasteiger charge is -2.34. The topological polar surface area (TPSA) is 102 Å². The highest BCUT2D eigenvalue weighted by atomic mass is 35.5. The highest BCUT2D eigenvalue weighted by Gasteiger charge is 2.16. The minimum Gasteiger partial charge on any atom is -0.369 e. The molecule has 0 atom stereocenters. The first-order valence-electron chi connectivity index (χ1n) is 12.3. The molecule has 198 valence electrons. The lowest BCUT2D eigenvalue weighted by molar-refractivity contribution is 0.313. The predicted octanol–water partition coefficient (Wildman–Crippen LogP) is 5.08. The number of hydrogen-bond donors (Lipinski definition) is 3. The average Bonchev–Trinajstić information content (AvgIpc) is 2.83. The molecule has 0 amide bonds. The number of nitrogens with one attached hydrogen (secondary N) is 3. The molecule has 2 heterocycles. The van der Waals surface area contributed by atoms with E-state index in [4.69, 9.17) is 11.6 Å². The number of aryl methyl sites for hydroxylation is 1. The summed E-state index contributed by atoms with van der Waals surface area (Å²) in [5.41, 5.74) is 3.90. The van der Waals surface area contributed by atoms with Crippen LogP contribution in [0.3, 0.4) is 0 Å². The summed E-state index contributed by atoms with van der Waals surface area (Å²) in [5.74, 6) is 1.06. The molecule has 2 aromatic carbocycles. The van der Waals surface area contributed by atoms with E-state index in [1.165, 1.54) is 5.69 Å². The Hall–Kier alpha value is -3.08. The molecule has 1 aromatic heterocycles. The third-order valence-corrected chi connectivity index (χ3v) is 7.98. The summed E-state index contributed by atoms with van der Waals surface area (Å²) in [5, 5.41) is 6.83. The molecular weight excluding hydrogens is 510 g/mol. The van der Waals surface area contributed by atoms with Gasteiger partial charge in [0.15, 0.2) is 0 Å². The monoisotopic (exact) mass is 543 g/mol. The molecule has 11 heteroatoms. The molecule has 1 saturated heterocycles. The molecule has 1 fully saturated rings. The maximum absolute atomic E-state index is 12.4. The molecule has 9 nitrogen and oxygen atoms in total. The van der Waals surface area contributed by atoms with Gasteiger partial charge in [-0.25, -0.2) is 13.4 Å². The predicted molar refractivity (Wildman–Crippen MR) is 153 cm³/mol. The van der Waals surface area contributed by atoms with Crippen LogP contribution in [0.25, 0.3) is 0 Å². The van der Waals surface area contributed by atoms with Crippen LogP contribution >= 0.6 is 11.6 Å². The van der Waals surface area contributed by atoms with Crippen LogP contribution in [0.15, 0.2) is 48.7 Å².